The van der Waals surface area contributed by atoms with Gasteiger partial charge in [0.1, 0.15) is 5.75 Å². The van der Waals surface area contributed by atoms with Crippen LogP contribution in [-0.4, -0.2) is 17.4 Å². The molecular formula is C9H11N3O2. The van der Waals surface area contributed by atoms with E-state index in [0.29, 0.717) is 5.56 Å². The van der Waals surface area contributed by atoms with Gasteiger partial charge in [0.15, 0.2) is 0 Å². The topological polar surface area (TPSA) is 87.7 Å². The Kier molecular flexibility index (Phi) is 3.06. The summed E-state index contributed by atoms with van der Waals surface area (Å²) in [5.41, 5.74) is 8.32. The van der Waals surface area contributed by atoms with E-state index in [0.717, 1.165) is 5.56 Å². The maximum absolute atomic E-state index is 10.3. The minimum Gasteiger partial charge on any atom is -0.508 e. The normalized spacial score (nSPS) is 10.4. The summed E-state index contributed by atoms with van der Waals surface area (Å²) < 4.78 is 0. The summed E-state index contributed by atoms with van der Waals surface area (Å²) in [4.78, 5) is 10.3. The average molecular weight is 193 g/mol. The third-order valence-electron chi connectivity index (χ3n) is 1.62. The van der Waals surface area contributed by atoms with Gasteiger partial charge in [-0.15, -0.1) is 0 Å². The molecule has 5 nitrogen and oxygen atoms in total. The zero-order chi connectivity index (χ0) is 10.6. The number of carbonyl (C=O) groups is 1. The molecule has 0 aliphatic heterocycles. The summed E-state index contributed by atoms with van der Waals surface area (Å²) in [7, 11) is 0. The monoisotopic (exact) mass is 193 g/mol. The van der Waals surface area contributed by atoms with E-state index in [1.807, 2.05) is 0 Å². The van der Waals surface area contributed by atoms with Crippen LogP contribution in [0.5, 0.6) is 5.75 Å². The molecule has 4 N–H and O–H groups in total. The lowest BCUT2D eigenvalue weighted by Gasteiger charge is -1.98. The van der Waals surface area contributed by atoms with Gasteiger partial charge in [-0.1, -0.05) is 12.1 Å². The first-order chi connectivity index (χ1) is 6.59. The number of aryl methyl sites for hydroxylation is 1. The molecule has 0 bridgehead atoms. The highest BCUT2D eigenvalue weighted by atomic mass is 16.3. The Morgan fingerprint density at radius 3 is 2.93 bits per heavy atom. The predicted molar refractivity (Wildman–Crippen MR) is 53.2 cm³/mol. The lowest BCUT2D eigenvalue weighted by molar-refractivity contribution is 0.249. The van der Waals surface area contributed by atoms with E-state index in [1.54, 1.807) is 25.1 Å². The summed E-state index contributed by atoms with van der Waals surface area (Å²) in [6.07, 6.45) is 1.39. The number of amides is 2. The van der Waals surface area contributed by atoms with Crippen LogP contribution in [0.4, 0.5) is 4.79 Å². The standard InChI is InChI=1S/C9H11N3O2/c1-6-2-3-7(4-8(6)13)5-11-12-9(10)14/h2-5,13H,1H3,(H3,10,12,14)/b11-5+. The molecule has 5 heteroatoms. The fourth-order valence-corrected chi connectivity index (χ4v) is 0.877. The third-order valence-corrected chi connectivity index (χ3v) is 1.62. The number of aromatic hydroxyl groups is 1. The molecule has 1 aromatic carbocycles. The molecule has 0 aromatic heterocycles. The van der Waals surface area contributed by atoms with Crippen molar-refractivity contribution in [1.29, 1.82) is 0 Å². The lowest BCUT2D eigenvalue weighted by Crippen LogP contribution is -2.24. The van der Waals surface area contributed by atoms with Crippen molar-refractivity contribution in [3.05, 3.63) is 29.3 Å². The van der Waals surface area contributed by atoms with Crippen LogP contribution in [0.2, 0.25) is 0 Å². The van der Waals surface area contributed by atoms with Crippen molar-refractivity contribution in [3.63, 3.8) is 0 Å². The molecule has 0 fully saturated rings. The Labute approximate surface area is 81.2 Å². The van der Waals surface area contributed by atoms with Crippen LogP contribution >= 0.6 is 0 Å². The van der Waals surface area contributed by atoms with Crippen LogP contribution in [0.15, 0.2) is 23.3 Å². The molecule has 0 spiro atoms. The molecule has 1 rings (SSSR count). The Morgan fingerprint density at radius 1 is 1.64 bits per heavy atom. The number of phenols is 1. The summed E-state index contributed by atoms with van der Waals surface area (Å²) in [5, 5.41) is 12.9. The summed E-state index contributed by atoms with van der Waals surface area (Å²) in [5.74, 6) is 0.188. The van der Waals surface area contributed by atoms with E-state index in [4.69, 9.17) is 5.73 Å². The molecule has 14 heavy (non-hydrogen) atoms. The molecular weight excluding hydrogens is 182 g/mol. The van der Waals surface area contributed by atoms with Crippen molar-refractivity contribution in [3.8, 4) is 5.75 Å². The summed E-state index contributed by atoms with van der Waals surface area (Å²) in [6.45, 7) is 1.79. The van der Waals surface area contributed by atoms with Gasteiger partial charge < -0.3 is 10.8 Å². The molecule has 0 aliphatic rings. The van der Waals surface area contributed by atoms with E-state index in [1.165, 1.54) is 6.21 Å². The van der Waals surface area contributed by atoms with Crippen molar-refractivity contribution in [1.82, 2.24) is 5.43 Å². The van der Waals surface area contributed by atoms with Crippen molar-refractivity contribution in [2.75, 3.05) is 0 Å². The highest BCUT2D eigenvalue weighted by molar-refractivity contribution is 5.82. The molecule has 0 aliphatic carbocycles. The zero-order valence-electron chi connectivity index (χ0n) is 7.69. The fourth-order valence-electron chi connectivity index (χ4n) is 0.877. The number of carbonyl (C=O) groups excluding carboxylic acids is 1. The van der Waals surface area contributed by atoms with Gasteiger partial charge in [0.05, 0.1) is 6.21 Å². The Morgan fingerprint density at radius 2 is 2.36 bits per heavy atom. The van der Waals surface area contributed by atoms with Gasteiger partial charge in [-0.2, -0.15) is 5.10 Å². The largest absolute Gasteiger partial charge is 0.508 e. The molecule has 0 heterocycles. The van der Waals surface area contributed by atoms with Crippen LogP contribution in [0.25, 0.3) is 0 Å². The molecule has 74 valence electrons. The van der Waals surface area contributed by atoms with E-state index < -0.39 is 6.03 Å². The van der Waals surface area contributed by atoms with Crippen molar-refractivity contribution in [2.24, 2.45) is 10.8 Å². The fraction of sp³-hybridized carbons (Fsp3) is 0.111. The average Bonchev–Trinajstić information content (AvgIpc) is 2.10. The van der Waals surface area contributed by atoms with Crippen molar-refractivity contribution >= 4 is 12.2 Å². The number of primary amides is 1. The number of urea groups is 1. The van der Waals surface area contributed by atoms with Crippen molar-refractivity contribution < 1.29 is 9.90 Å². The van der Waals surface area contributed by atoms with Gasteiger partial charge in [0, 0.05) is 0 Å². The van der Waals surface area contributed by atoms with Crippen LogP contribution in [0.3, 0.4) is 0 Å². The number of nitrogens with zero attached hydrogens (tertiary/aromatic N) is 1. The SMILES string of the molecule is Cc1ccc(/C=N/NC(N)=O)cc1O. The lowest BCUT2D eigenvalue weighted by atomic mass is 10.1. The minimum atomic E-state index is -0.724. The Bertz CT molecular complexity index is 374. The second-order valence-electron chi connectivity index (χ2n) is 2.78. The first-order valence-corrected chi connectivity index (χ1v) is 3.97. The number of hydrazone groups is 1. The van der Waals surface area contributed by atoms with E-state index >= 15 is 0 Å². The van der Waals surface area contributed by atoms with Gasteiger partial charge in [0.2, 0.25) is 0 Å². The van der Waals surface area contributed by atoms with E-state index in [-0.39, 0.29) is 5.75 Å². The zero-order valence-corrected chi connectivity index (χ0v) is 7.69. The highest BCUT2D eigenvalue weighted by Crippen LogP contribution is 2.15. The number of nitrogens with two attached hydrogens (primary N) is 1. The number of nitrogens with one attached hydrogen (secondary N) is 1. The van der Waals surface area contributed by atoms with Crippen LogP contribution < -0.4 is 11.2 Å². The maximum Gasteiger partial charge on any atom is 0.332 e. The molecule has 0 saturated heterocycles. The quantitative estimate of drug-likeness (QED) is 0.477. The molecule has 0 unspecified atom stereocenters. The maximum atomic E-state index is 10.3. The summed E-state index contributed by atoms with van der Waals surface area (Å²) >= 11 is 0. The van der Waals surface area contributed by atoms with Crippen molar-refractivity contribution in [2.45, 2.75) is 6.92 Å². The smallest absolute Gasteiger partial charge is 0.332 e. The van der Waals surface area contributed by atoms with E-state index in [2.05, 4.69) is 10.5 Å². The number of benzene rings is 1. The molecule has 1 aromatic rings. The second kappa shape index (κ2) is 4.27. The number of rotatable bonds is 2. The molecule has 0 radical (unpaired) electrons. The second-order valence-corrected chi connectivity index (χ2v) is 2.78. The van der Waals surface area contributed by atoms with Gasteiger partial charge >= 0.3 is 6.03 Å². The third kappa shape index (κ3) is 2.78. The van der Waals surface area contributed by atoms with Crippen LogP contribution in [0.1, 0.15) is 11.1 Å². The number of hydrogen-bond acceptors (Lipinski definition) is 3. The van der Waals surface area contributed by atoms with Crippen LogP contribution in [-0.2, 0) is 0 Å². The van der Waals surface area contributed by atoms with Gasteiger partial charge in [-0.3, -0.25) is 0 Å². The Hall–Kier alpha value is -2.04. The molecule has 0 atom stereocenters. The first-order valence-electron chi connectivity index (χ1n) is 3.97. The molecule has 2 amide bonds. The first kappa shape index (κ1) is 10.0. The summed E-state index contributed by atoms with van der Waals surface area (Å²) in [6, 6.07) is 4.33. The Balaban J connectivity index is 2.73. The number of phenolic OH excluding ortho intramolecular Hbond substituents is 1. The number of hydrogen-bond donors (Lipinski definition) is 3. The van der Waals surface area contributed by atoms with Gasteiger partial charge in [-0.25, -0.2) is 10.2 Å². The highest BCUT2D eigenvalue weighted by Gasteiger charge is 1.95. The van der Waals surface area contributed by atoms with Gasteiger partial charge in [0.25, 0.3) is 0 Å². The predicted octanol–water partition coefficient (Wildman–Crippen LogP) is 0.703. The van der Waals surface area contributed by atoms with Crippen LogP contribution in [0, 0.1) is 6.92 Å². The van der Waals surface area contributed by atoms with Gasteiger partial charge in [-0.05, 0) is 24.1 Å². The van der Waals surface area contributed by atoms with E-state index in [9.17, 15) is 9.90 Å². The minimum absolute atomic E-state index is 0.188. The molecule has 0 saturated carbocycles.